The van der Waals surface area contributed by atoms with Crippen LogP contribution in [0.3, 0.4) is 0 Å². The van der Waals surface area contributed by atoms with E-state index in [2.05, 4.69) is 24.3 Å². The van der Waals surface area contributed by atoms with E-state index in [0.29, 0.717) is 18.9 Å². The number of hydrogen-bond acceptors (Lipinski definition) is 4. The molecule has 14 heavy (non-hydrogen) atoms. The van der Waals surface area contributed by atoms with Gasteiger partial charge < -0.3 is 21.4 Å². The molecule has 0 heterocycles. The van der Waals surface area contributed by atoms with E-state index in [1.54, 1.807) is 0 Å². The quantitative estimate of drug-likeness (QED) is 0.205. The summed E-state index contributed by atoms with van der Waals surface area (Å²) in [5.74, 6) is 0.693. The summed E-state index contributed by atoms with van der Waals surface area (Å²) in [5, 5.41) is 23.3. The SMILES string of the molecule is CC(C)C(CCO)NCCC(N)=NO. The largest absolute Gasteiger partial charge is 0.409 e. The van der Waals surface area contributed by atoms with Crippen LogP contribution in [-0.4, -0.2) is 35.3 Å². The third-order valence-electron chi connectivity index (χ3n) is 2.16. The fourth-order valence-corrected chi connectivity index (χ4v) is 1.25. The van der Waals surface area contributed by atoms with Crippen molar-refractivity contribution in [3.05, 3.63) is 0 Å². The van der Waals surface area contributed by atoms with Gasteiger partial charge >= 0.3 is 0 Å². The summed E-state index contributed by atoms with van der Waals surface area (Å²) in [6.45, 7) is 5.03. The minimum atomic E-state index is 0.180. The summed E-state index contributed by atoms with van der Waals surface area (Å²) >= 11 is 0. The number of nitrogens with two attached hydrogens (primary N) is 1. The fraction of sp³-hybridized carbons (Fsp3) is 0.889. The molecule has 0 amide bonds. The average Bonchev–Trinajstić information content (AvgIpc) is 2.16. The second-order valence-corrected chi connectivity index (χ2v) is 3.66. The number of nitrogens with zero attached hydrogens (tertiary/aromatic N) is 1. The van der Waals surface area contributed by atoms with Crippen LogP contribution in [0.1, 0.15) is 26.7 Å². The minimum absolute atomic E-state index is 0.180. The van der Waals surface area contributed by atoms with E-state index in [-0.39, 0.29) is 18.5 Å². The summed E-state index contributed by atoms with van der Waals surface area (Å²) < 4.78 is 0. The Kier molecular flexibility index (Phi) is 7.14. The first kappa shape index (κ1) is 13.2. The number of hydrogen-bond donors (Lipinski definition) is 4. The Labute approximate surface area is 85.0 Å². The van der Waals surface area contributed by atoms with Gasteiger partial charge in [-0.1, -0.05) is 19.0 Å². The van der Waals surface area contributed by atoms with Crippen molar-refractivity contribution in [2.75, 3.05) is 13.2 Å². The second-order valence-electron chi connectivity index (χ2n) is 3.66. The lowest BCUT2D eigenvalue weighted by molar-refractivity contribution is 0.245. The predicted octanol–water partition coefficient (Wildman–Crippen LogP) is 0.120. The molecule has 0 saturated carbocycles. The van der Waals surface area contributed by atoms with Crippen LogP contribution in [0.15, 0.2) is 5.16 Å². The second kappa shape index (κ2) is 7.58. The predicted molar refractivity (Wildman–Crippen MR) is 56.4 cm³/mol. The van der Waals surface area contributed by atoms with Crippen LogP contribution in [0.4, 0.5) is 0 Å². The van der Waals surface area contributed by atoms with Crippen molar-refractivity contribution in [2.45, 2.75) is 32.7 Å². The summed E-state index contributed by atoms with van der Waals surface area (Å²) in [4.78, 5) is 0. The van der Waals surface area contributed by atoms with E-state index < -0.39 is 0 Å². The average molecular weight is 203 g/mol. The lowest BCUT2D eigenvalue weighted by atomic mass is 10.0. The summed E-state index contributed by atoms with van der Waals surface area (Å²) in [6, 6.07) is 0.284. The van der Waals surface area contributed by atoms with Gasteiger partial charge in [-0.3, -0.25) is 0 Å². The Morgan fingerprint density at radius 2 is 2.14 bits per heavy atom. The van der Waals surface area contributed by atoms with Crippen molar-refractivity contribution in [1.82, 2.24) is 5.32 Å². The molecule has 5 N–H and O–H groups in total. The van der Waals surface area contributed by atoms with Gasteiger partial charge in [-0.25, -0.2) is 0 Å². The first-order valence-electron chi connectivity index (χ1n) is 4.92. The van der Waals surface area contributed by atoms with Gasteiger partial charge in [0.15, 0.2) is 0 Å². The molecule has 1 atom stereocenters. The molecule has 1 unspecified atom stereocenters. The molecule has 5 heteroatoms. The number of rotatable bonds is 7. The first-order chi connectivity index (χ1) is 6.61. The molecule has 84 valence electrons. The highest BCUT2D eigenvalue weighted by Gasteiger charge is 2.11. The Bertz CT molecular complexity index is 171. The molecule has 0 aromatic heterocycles. The maximum Gasteiger partial charge on any atom is 0.140 e. The monoisotopic (exact) mass is 203 g/mol. The number of nitrogens with one attached hydrogen (secondary N) is 1. The van der Waals surface area contributed by atoms with Gasteiger partial charge in [0, 0.05) is 25.6 Å². The van der Waals surface area contributed by atoms with Crippen LogP contribution in [0.5, 0.6) is 0 Å². The summed E-state index contributed by atoms with van der Waals surface area (Å²) in [6.07, 6.45) is 1.25. The molecule has 0 radical (unpaired) electrons. The third kappa shape index (κ3) is 5.77. The van der Waals surface area contributed by atoms with Crippen LogP contribution < -0.4 is 11.1 Å². The van der Waals surface area contributed by atoms with Gasteiger partial charge in [-0.15, -0.1) is 0 Å². The fourth-order valence-electron chi connectivity index (χ4n) is 1.25. The molecule has 0 aliphatic rings. The Morgan fingerprint density at radius 3 is 2.57 bits per heavy atom. The Hall–Kier alpha value is -0.810. The van der Waals surface area contributed by atoms with Crippen molar-refractivity contribution < 1.29 is 10.3 Å². The summed E-state index contributed by atoms with van der Waals surface area (Å²) in [7, 11) is 0. The molecule has 0 aromatic rings. The minimum Gasteiger partial charge on any atom is -0.409 e. The van der Waals surface area contributed by atoms with Gasteiger partial charge in [0.25, 0.3) is 0 Å². The highest BCUT2D eigenvalue weighted by atomic mass is 16.4. The van der Waals surface area contributed by atoms with Gasteiger partial charge in [-0.2, -0.15) is 0 Å². The van der Waals surface area contributed by atoms with Crippen LogP contribution in [-0.2, 0) is 0 Å². The molecular formula is C9H21N3O2. The normalized spacial score (nSPS) is 14.7. The van der Waals surface area contributed by atoms with Gasteiger partial charge in [-0.05, 0) is 12.3 Å². The van der Waals surface area contributed by atoms with Crippen LogP contribution in [0.25, 0.3) is 0 Å². The number of aliphatic hydroxyl groups excluding tert-OH is 1. The van der Waals surface area contributed by atoms with Crippen molar-refractivity contribution >= 4 is 5.84 Å². The van der Waals surface area contributed by atoms with Crippen molar-refractivity contribution in [3.63, 3.8) is 0 Å². The third-order valence-corrected chi connectivity index (χ3v) is 2.16. The van der Waals surface area contributed by atoms with Gasteiger partial charge in [0.05, 0.1) is 0 Å². The first-order valence-corrected chi connectivity index (χ1v) is 4.92. The highest BCUT2D eigenvalue weighted by Crippen LogP contribution is 2.05. The van der Waals surface area contributed by atoms with E-state index in [4.69, 9.17) is 16.0 Å². The molecule has 0 aromatic carbocycles. The highest BCUT2D eigenvalue weighted by molar-refractivity contribution is 5.79. The number of amidine groups is 1. The van der Waals surface area contributed by atoms with E-state index in [1.165, 1.54) is 0 Å². The standard InChI is InChI=1S/C9H21N3O2/c1-7(2)8(4-6-13)11-5-3-9(10)12-14/h7-8,11,13-14H,3-6H2,1-2H3,(H2,10,12). The van der Waals surface area contributed by atoms with Gasteiger partial charge in [0.1, 0.15) is 5.84 Å². The van der Waals surface area contributed by atoms with Crippen molar-refractivity contribution in [3.8, 4) is 0 Å². The van der Waals surface area contributed by atoms with E-state index in [9.17, 15) is 0 Å². The van der Waals surface area contributed by atoms with Gasteiger partial charge in [0.2, 0.25) is 0 Å². The smallest absolute Gasteiger partial charge is 0.140 e. The molecule has 0 spiro atoms. The molecule has 5 nitrogen and oxygen atoms in total. The molecule has 0 aliphatic heterocycles. The zero-order chi connectivity index (χ0) is 11.0. The number of oxime groups is 1. The molecule has 0 bridgehead atoms. The Morgan fingerprint density at radius 1 is 1.50 bits per heavy atom. The van der Waals surface area contributed by atoms with Crippen LogP contribution in [0.2, 0.25) is 0 Å². The maximum atomic E-state index is 8.81. The lowest BCUT2D eigenvalue weighted by Crippen LogP contribution is -2.36. The topological polar surface area (TPSA) is 90.9 Å². The Balaban J connectivity index is 3.71. The van der Waals surface area contributed by atoms with E-state index in [0.717, 1.165) is 6.42 Å². The van der Waals surface area contributed by atoms with E-state index >= 15 is 0 Å². The van der Waals surface area contributed by atoms with E-state index in [1.807, 2.05) is 0 Å². The molecule has 0 saturated heterocycles. The lowest BCUT2D eigenvalue weighted by Gasteiger charge is -2.21. The van der Waals surface area contributed by atoms with Crippen LogP contribution in [0, 0.1) is 5.92 Å². The number of aliphatic hydroxyl groups is 1. The molecular weight excluding hydrogens is 182 g/mol. The molecule has 0 fully saturated rings. The zero-order valence-electron chi connectivity index (χ0n) is 8.90. The molecule has 0 aliphatic carbocycles. The molecule has 0 rings (SSSR count). The van der Waals surface area contributed by atoms with Crippen LogP contribution >= 0.6 is 0 Å². The summed E-state index contributed by atoms with van der Waals surface area (Å²) in [5.41, 5.74) is 5.32. The zero-order valence-corrected chi connectivity index (χ0v) is 8.90. The van der Waals surface area contributed by atoms with Crippen molar-refractivity contribution in [2.24, 2.45) is 16.8 Å². The maximum absolute atomic E-state index is 8.81. The van der Waals surface area contributed by atoms with Crippen molar-refractivity contribution in [1.29, 1.82) is 0 Å².